The van der Waals surface area contributed by atoms with E-state index in [4.69, 9.17) is 0 Å². The minimum Gasteiger partial charge on any atom is -0.337 e. The van der Waals surface area contributed by atoms with E-state index in [1.54, 1.807) is 36.8 Å². The summed E-state index contributed by atoms with van der Waals surface area (Å²) in [6.45, 7) is 1.14. The molecule has 0 atom stereocenters. The Balaban J connectivity index is 1.86. The van der Waals surface area contributed by atoms with Crippen LogP contribution in [0, 0.1) is 0 Å². The molecule has 1 aromatic carbocycles. The van der Waals surface area contributed by atoms with E-state index in [2.05, 4.69) is 25.6 Å². The Morgan fingerprint density at radius 2 is 2.00 bits per heavy atom. The van der Waals surface area contributed by atoms with Gasteiger partial charge in [-0.05, 0) is 24.1 Å². The van der Waals surface area contributed by atoms with Crippen molar-refractivity contribution in [2.45, 2.75) is 23.2 Å². The van der Waals surface area contributed by atoms with E-state index in [0.717, 1.165) is 18.5 Å². The molecule has 0 radical (unpaired) electrons. The fraction of sp³-hybridized carbons (Fsp3) is 0.308. The lowest BCUT2D eigenvalue weighted by Gasteiger charge is -2.07. The number of alkyl halides is 1. The monoisotopic (exact) mass is 357 g/mol. The maximum absolute atomic E-state index is 12.1. The van der Waals surface area contributed by atoms with Crippen LogP contribution in [0.2, 0.25) is 0 Å². The smallest absolute Gasteiger partial charge is 0.240 e. The van der Waals surface area contributed by atoms with Gasteiger partial charge in [0.25, 0.3) is 0 Å². The molecule has 7 heteroatoms. The highest BCUT2D eigenvalue weighted by Crippen LogP contribution is 2.12. The summed E-state index contributed by atoms with van der Waals surface area (Å²) in [5.74, 6) is 0. The molecule has 1 aromatic heterocycles. The summed E-state index contributed by atoms with van der Waals surface area (Å²) in [5.41, 5.74) is 1.05. The first kappa shape index (κ1) is 15.2. The lowest BCUT2D eigenvalue weighted by molar-refractivity contribution is 0.570. The topological polar surface area (TPSA) is 64.0 Å². The first-order chi connectivity index (χ1) is 9.62. The van der Waals surface area contributed by atoms with Crippen molar-refractivity contribution in [3.05, 3.63) is 48.5 Å². The van der Waals surface area contributed by atoms with Gasteiger partial charge in [0.15, 0.2) is 0 Å². The molecule has 0 fully saturated rings. The van der Waals surface area contributed by atoms with E-state index < -0.39 is 10.0 Å². The number of halogens is 1. The molecule has 0 saturated carbocycles. The molecule has 108 valence electrons. The van der Waals surface area contributed by atoms with Gasteiger partial charge in [-0.2, -0.15) is 0 Å². The Hall–Kier alpha value is -1.18. The van der Waals surface area contributed by atoms with Crippen LogP contribution in [0.15, 0.2) is 47.9 Å². The van der Waals surface area contributed by atoms with Crippen LogP contribution < -0.4 is 4.72 Å². The number of hydrogen-bond donors (Lipinski definition) is 1. The molecule has 0 saturated heterocycles. The second kappa shape index (κ2) is 7.01. The quantitative estimate of drug-likeness (QED) is 0.609. The lowest BCUT2D eigenvalue weighted by Crippen LogP contribution is -2.25. The number of rotatable bonds is 7. The largest absolute Gasteiger partial charge is 0.337 e. The van der Waals surface area contributed by atoms with Gasteiger partial charge in [-0.25, -0.2) is 18.1 Å². The molecule has 0 bridgehead atoms. The highest BCUT2D eigenvalue weighted by molar-refractivity contribution is 9.08. The SMILES string of the molecule is O=S(=O)(NCCCn1ccnc1)c1ccc(CBr)cc1. The summed E-state index contributed by atoms with van der Waals surface area (Å²) < 4.78 is 28.6. The van der Waals surface area contributed by atoms with E-state index in [-0.39, 0.29) is 0 Å². The molecular weight excluding hydrogens is 342 g/mol. The molecule has 20 heavy (non-hydrogen) atoms. The lowest BCUT2D eigenvalue weighted by atomic mass is 10.2. The molecule has 0 unspecified atom stereocenters. The summed E-state index contributed by atoms with van der Waals surface area (Å²) >= 11 is 3.33. The highest BCUT2D eigenvalue weighted by Gasteiger charge is 2.12. The molecule has 0 aliphatic heterocycles. The minimum atomic E-state index is -3.42. The van der Waals surface area contributed by atoms with E-state index in [0.29, 0.717) is 16.8 Å². The van der Waals surface area contributed by atoms with Gasteiger partial charge in [0.05, 0.1) is 11.2 Å². The number of benzene rings is 1. The zero-order chi connectivity index (χ0) is 14.4. The third-order valence-electron chi connectivity index (χ3n) is 2.83. The highest BCUT2D eigenvalue weighted by atomic mass is 79.9. The van der Waals surface area contributed by atoms with Crippen molar-refractivity contribution in [3.8, 4) is 0 Å². The summed E-state index contributed by atoms with van der Waals surface area (Å²) in [6, 6.07) is 6.84. The summed E-state index contributed by atoms with van der Waals surface area (Å²) in [4.78, 5) is 4.23. The van der Waals surface area contributed by atoms with Crippen molar-refractivity contribution in [3.63, 3.8) is 0 Å². The molecule has 0 amide bonds. The van der Waals surface area contributed by atoms with Gasteiger partial charge in [0, 0.05) is 30.8 Å². The number of nitrogens with one attached hydrogen (secondary N) is 1. The zero-order valence-electron chi connectivity index (χ0n) is 10.9. The number of hydrogen-bond acceptors (Lipinski definition) is 3. The Morgan fingerprint density at radius 1 is 1.25 bits per heavy atom. The van der Waals surface area contributed by atoms with Crippen molar-refractivity contribution in [2.24, 2.45) is 0 Å². The Kier molecular flexibility index (Phi) is 5.33. The predicted octanol–water partition coefficient (Wildman–Crippen LogP) is 2.15. The molecule has 2 aromatic rings. The second-order valence-electron chi connectivity index (χ2n) is 4.33. The van der Waals surface area contributed by atoms with Gasteiger partial charge in [-0.15, -0.1) is 0 Å². The van der Waals surface area contributed by atoms with Crippen LogP contribution in [0.5, 0.6) is 0 Å². The third-order valence-corrected chi connectivity index (χ3v) is 4.96. The average molecular weight is 358 g/mol. The van der Waals surface area contributed by atoms with Crippen LogP contribution in [0.25, 0.3) is 0 Å². The fourth-order valence-corrected chi connectivity index (χ4v) is 3.18. The molecule has 0 aliphatic carbocycles. The van der Waals surface area contributed by atoms with Crippen molar-refractivity contribution in [2.75, 3.05) is 6.54 Å². The van der Waals surface area contributed by atoms with Gasteiger partial charge in [0.2, 0.25) is 10.0 Å². The van der Waals surface area contributed by atoms with E-state index >= 15 is 0 Å². The van der Waals surface area contributed by atoms with Gasteiger partial charge in [-0.1, -0.05) is 28.1 Å². The Labute approximate surface area is 127 Å². The standard InChI is InChI=1S/C13H16BrN3O2S/c14-10-12-2-4-13(5-3-12)20(18,19)16-6-1-8-17-9-7-15-11-17/h2-5,7,9,11,16H,1,6,8,10H2. The molecule has 1 N–H and O–H groups in total. The van der Waals surface area contributed by atoms with Crippen molar-refractivity contribution in [1.29, 1.82) is 0 Å². The van der Waals surface area contributed by atoms with Crippen molar-refractivity contribution >= 4 is 26.0 Å². The van der Waals surface area contributed by atoms with Gasteiger partial charge in [0.1, 0.15) is 0 Å². The summed E-state index contributed by atoms with van der Waals surface area (Å²) in [7, 11) is -3.42. The second-order valence-corrected chi connectivity index (χ2v) is 6.66. The predicted molar refractivity (Wildman–Crippen MR) is 81.1 cm³/mol. The summed E-state index contributed by atoms with van der Waals surface area (Å²) in [6.07, 6.45) is 5.99. The van der Waals surface area contributed by atoms with Gasteiger partial charge >= 0.3 is 0 Å². The Bertz CT molecular complexity index is 624. The van der Waals surface area contributed by atoms with E-state index in [1.165, 1.54) is 0 Å². The molecular formula is C13H16BrN3O2S. The van der Waals surface area contributed by atoms with Crippen LogP contribution in [0.4, 0.5) is 0 Å². The number of aryl methyl sites for hydroxylation is 1. The molecule has 5 nitrogen and oxygen atoms in total. The Morgan fingerprint density at radius 3 is 2.60 bits per heavy atom. The zero-order valence-corrected chi connectivity index (χ0v) is 13.3. The van der Waals surface area contributed by atoms with Gasteiger partial charge in [-0.3, -0.25) is 0 Å². The number of sulfonamides is 1. The van der Waals surface area contributed by atoms with Crippen LogP contribution in [-0.2, 0) is 21.9 Å². The van der Waals surface area contributed by atoms with E-state index in [1.807, 2.05) is 10.8 Å². The first-order valence-electron chi connectivity index (χ1n) is 6.22. The number of aromatic nitrogens is 2. The van der Waals surface area contributed by atoms with Crippen LogP contribution >= 0.6 is 15.9 Å². The third kappa shape index (κ3) is 4.16. The van der Waals surface area contributed by atoms with Gasteiger partial charge < -0.3 is 4.57 Å². The van der Waals surface area contributed by atoms with E-state index in [9.17, 15) is 8.42 Å². The molecule has 0 spiro atoms. The number of nitrogens with zero attached hydrogens (tertiary/aromatic N) is 2. The maximum atomic E-state index is 12.1. The maximum Gasteiger partial charge on any atom is 0.240 e. The summed E-state index contributed by atoms with van der Waals surface area (Å²) in [5, 5.41) is 0.714. The molecule has 2 rings (SSSR count). The average Bonchev–Trinajstić information content (AvgIpc) is 2.97. The van der Waals surface area contributed by atoms with Crippen molar-refractivity contribution < 1.29 is 8.42 Å². The van der Waals surface area contributed by atoms with Crippen LogP contribution in [0.1, 0.15) is 12.0 Å². The molecule has 0 aliphatic rings. The minimum absolute atomic E-state index is 0.296. The normalized spacial score (nSPS) is 11.7. The van der Waals surface area contributed by atoms with Crippen molar-refractivity contribution in [1.82, 2.24) is 14.3 Å². The number of imidazole rings is 1. The fourth-order valence-electron chi connectivity index (χ4n) is 1.73. The van der Waals surface area contributed by atoms with Crippen LogP contribution in [0.3, 0.4) is 0 Å². The molecule has 1 heterocycles. The first-order valence-corrected chi connectivity index (χ1v) is 8.82. The van der Waals surface area contributed by atoms with Crippen LogP contribution in [-0.4, -0.2) is 24.5 Å².